The van der Waals surface area contributed by atoms with Gasteiger partial charge < -0.3 is 5.32 Å². The Hall–Kier alpha value is -3.49. The van der Waals surface area contributed by atoms with Crippen LogP contribution in [0, 0.1) is 13.8 Å². The van der Waals surface area contributed by atoms with E-state index in [-0.39, 0.29) is 16.8 Å². The summed E-state index contributed by atoms with van der Waals surface area (Å²) >= 11 is 0. The fraction of sp³-hybridized carbons (Fsp3) is 0.238. The van der Waals surface area contributed by atoms with Crippen molar-refractivity contribution >= 4 is 28.4 Å². The fourth-order valence-corrected chi connectivity index (χ4v) is 2.97. The Morgan fingerprint density at radius 1 is 1.07 bits per heavy atom. The van der Waals surface area contributed by atoms with E-state index in [1.807, 2.05) is 0 Å². The first kappa shape index (κ1) is 21.2. The summed E-state index contributed by atoms with van der Waals surface area (Å²) in [4.78, 5) is 39.8. The van der Waals surface area contributed by atoms with Gasteiger partial charge in [-0.15, -0.1) is 0 Å². The van der Waals surface area contributed by atoms with Gasteiger partial charge >= 0.3 is 6.18 Å². The number of Topliss-reactive ketones (excluding diaryl/α,β-unsaturated/α-hetero) is 1. The molecule has 1 N–H and O–H groups in total. The van der Waals surface area contributed by atoms with Crippen molar-refractivity contribution in [3.05, 3.63) is 69.1 Å². The maximum absolute atomic E-state index is 13.3. The van der Waals surface area contributed by atoms with Crippen molar-refractivity contribution < 1.29 is 22.8 Å². The lowest BCUT2D eigenvalue weighted by molar-refractivity contribution is -0.142. The number of nitrogens with one attached hydrogen (secondary N) is 1. The molecule has 30 heavy (non-hydrogen) atoms. The third-order valence-electron chi connectivity index (χ3n) is 4.71. The van der Waals surface area contributed by atoms with E-state index in [9.17, 15) is 27.6 Å². The normalized spacial score (nSPS) is 11.5. The summed E-state index contributed by atoms with van der Waals surface area (Å²) in [6.07, 6.45) is -4.95. The monoisotopic (exact) mass is 417 g/mol. The van der Waals surface area contributed by atoms with Crippen LogP contribution < -0.4 is 10.9 Å². The minimum atomic E-state index is -4.95. The van der Waals surface area contributed by atoms with Crippen LogP contribution in [0.15, 0.2) is 41.2 Å². The summed E-state index contributed by atoms with van der Waals surface area (Å²) in [5, 5.41) is 2.52. The number of amides is 1. The number of carbonyl (C=O) groups excluding carboxylic acids is 2. The summed E-state index contributed by atoms with van der Waals surface area (Å²) < 4.78 is 40.7. The zero-order valence-corrected chi connectivity index (χ0v) is 16.4. The molecular weight excluding hydrogens is 399 g/mol. The molecule has 2 aromatic carbocycles. The molecule has 0 aliphatic rings. The van der Waals surface area contributed by atoms with Gasteiger partial charge in [-0.05, 0) is 68.3 Å². The topological polar surface area (TPSA) is 81.1 Å². The van der Waals surface area contributed by atoms with Crippen molar-refractivity contribution in [2.75, 3.05) is 5.32 Å². The van der Waals surface area contributed by atoms with Crippen LogP contribution in [0.5, 0.6) is 0 Å². The molecule has 0 saturated carbocycles. The number of hydrogen-bond acceptors (Lipinski definition) is 4. The Morgan fingerprint density at radius 2 is 1.67 bits per heavy atom. The van der Waals surface area contributed by atoms with E-state index in [1.165, 1.54) is 43.3 Å². The van der Waals surface area contributed by atoms with Crippen LogP contribution in [-0.2, 0) is 17.5 Å². The highest BCUT2D eigenvalue weighted by Crippen LogP contribution is 2.27. The molecule has 0 bridgehead atoms. The number of anilines is 1. The quantitative estimate of drug-likeness (QED) is 0.654. The molecule has 0 fully saturated rings. The standard InChI is InChI=1S/C21H18F3N3O3/c1-11-8-16-17(9-12(11)2)27(20(30)19(26-16)21(22,23)24)10-18(29)25-15-6-4-14(5-7-15)13(3)28/h4-9H,10H2,1-3H3,(H,25,29). The van der Waals surface area contributed by atoms with Gasteiger partial charge in [-0.2, -0.15) is 13.2 Å². The van der Waals surface area contributed by atoms with E-state index >= 15 is 0 Å². The number of rotatable bonds is 4. The minimum Gasteiger partial charge on any atom is -0.325 e. The van der Waals surface area contributed by atoms with E-state index < -0.39 is 29.9 Å². The zero-order chi connectivity index (χ0) is 22.2. The molecule has 156 valence electrons. The van der Waals surface area contributed by atoms with Gasteiger partial charge in [-0.25, -0.2) is 4.98 Å². The number of fused-ring (bicyclic) bond motifs is 1. The fourth-order valence-electron chi connectivity index (χ4n) is 2.97. The number of aryl methyl sites for hydroxylation is 2. The van der Waals surface area contributed by atoms with Gasteiger partial charge in [0.2, 0.25) is 11.6 Å². The summed E-state index contributed by atoms with van der Waals surface area (Å²) in [5.41, 5.74) is -0.593. The second-order valence-corrected chi connectivity index (χ2v) is 6.96. The maximum Gasteiger partial charge on any atom is 0.438 e. The zero-order valence-electron chi connectivity index (χ0n) is 16.4. The van der Waals surface area contributed by atoms with Crippen molar-refractivity contribution in [3.8, 4) is 0 Å². The third kappa shape index (κ3) is 4.24. The molecule has 0 aliphatic heterocycles. The van der Waals surface area contributed by atoms with Gasteiger partial charge in [-0.3, -0.25) is 19.0 Å². The van der Waals surface area contributed by atoms with Gasteiger partial charge in [0.15, 0.2) is 5.78 Å². The minimum absolute atomic E-state index is 0.0244. The summed E-state index contributed by atoms with van der Waals surface area (Å²) in [5.74, 6) is -0.834. The van der Waals surface area contributed by atoms with E-state index in [1.54, 1.807) is 13.8 Å². The van der Waals surface area contributed by atoms with Crippen molar-refractivity contribution in [1.29, 1.82) is 0 Å². The number of halogens is 3. The molecule has 9 heteroatoms. The van der Waals surface area contributed by atoms with Crippen LogP contribution in [0.25, 0.3) is 11.0 Å². The number of carbonyl (C=O) groups is 2. The lowest BCUT2D eigenvalue weighted by Gasteiger charge is -2.15. The van der Waals surface area contributed by atoms with E-state index in [4.69, 9.17) is 0 Å². The molecule has 0 unspecified atom stereocenters. The van der Waals surface area contributed by atoms with Crippen LogP contribution in [-0.4, -0.2) is 21.2 Å². The number of benzene rings is 2. The summed E-state index contributed by atoms with van der Waals surface area (Å²) in [6.45, 7) is 4.24. The smallest absolute Gasteiger partial charge is 0.325 e. The van der Waals surface area contributed by atoms with E-state index in [0.717, 1.165) is 10.1 Å². The molecule has 0 atom stereocenters. The Morgan fingerprint density at radius 3 is 2.23 bits per heavy atom. The molecule has 0 aliphatic carbocycles. The highest BCUT2D eigenvalue weighted by molar-refractivity contribution is 5.95. The SMILES string of the molecule is CC(=O)c1ccc(NC(=O)Cn2c(=O)c(C(F)(F)F)nc3cc(C)c(C)cc32)cc1. The first-order valence-corrected chi connectivity index (χ1v) is 8.97. The lowest BCUT2D eigenvalue weighted by atomic mass is 10.1. The van der Waals surface area contributed by atoms with E-state index in [0.29, 0.717) is 16.8 Å². The van der Waals surface area contributed by atoms with Gasteiger partial charge in [0.25, 0.3) is 5.56 Å². The number of ketones is 1. The Balaban J connectivity index is 2.02. The molecule has 1 aromatic heterocycles. The Bertz CT molecular complexity index is 1210. The van der Waals surface area contributed by atoms with Gasteiger partial charge in [0.05, 0.1) is 11.0 Å². The van der Waals surface area contributed by atoms with Gasteiger partial charge in [0, 0.05) is 11.3 Å². The van der Waals surface area contributed by atoms with Crippen LogP contribution in [0.1, 0.15) is 34.1 Å². The van der Waals surface area contributed by atoms with Gasteiger partial charge in [-0.1, -0.05) is 0 Å². The number of hydrogen-bond donors (Lipinski definition) is 1. The average Bonchev–Trinajstić information content (AvgIpc) is 2.65. The first-order chi connectivity index (χ1) is 14.0. The molecular formula is C21H18F3N3O3. The molecule has 3 aromatic rings. The van der Waals surface area contributed by atoms with Crippen molar-refractivity contribution in [2.24, 2.45) is 0 Å². The highest BCUT2D eigenvalue weighted by atomic mass is 19.4. The largest absolute Gasteiger partial charge is 0.438 e. The number of aromatic nitrogens is 2. The van der Waals surface area contributed by atoms with Gasteiger partial charge in [0.1, 0.15) is 6.54 Å². The van der Waals surface area contributed by atoms with Crippen molar-refractivity contribution in [1.82, 2.24) is 9.55 Å². The van der Waals surface area contributed by atoms with E-state index in [2.05, 4.69) is 10.3 Å². The molecule has 0 spiro atoms. The van der Waals surface area contributed by atoms with Crippen molar-refractivity contribution in [2.45, 2.75) is 33.5 Å². The third-order valence-corrected chi connectivity index (χ3v) is 4.71. The molecule has 1 amide bonds. The van der Waals surface area contributed by atoms with Crippen LogP contribution in [0.4, 0.5) is 18.9 Å². The molecule has 0 radical (unpaired) electrons. The predicted octanol–water partition coefficient (Wildman–Crippen LogP) is 3.87. The van der Waals surface area contributed by atoms with Crippen molar-refractivity contribution in [3.63, 3.8) is 0 Å². The van der Waals surface area contributed by atoms with Crippen LogP contribution in [0.2, 0.25) is 0 Å². The summed E-state index contributed by atoms with van der Waals surface area (Å²) in [7, 11) is 0. The first-order valence-electron chi connectivity index (χ1n) is 8.97. The molecule has 1 heterocycles. The van der Waals surface area contributed by atoms with Crippen LogP contribution in [0.3, 0.4) is 0 Å². The number of alkyl halides is 3. The second-order valence-electron chi connectivity index (χ2n) is 6.96. The average molecular weight is 417 g/mol. The second kappa shape index (κ2) is 7.74. The Labute approximate surface area is 169 Å². The highest BCUT2D eigenvalue weighted by Gasteiger charge is 2.37. The lowest BCUT2D eigenvalue weighted by Crippen LogP contribution is -2.34. The molecule has 3 rings (SSSR count). The maximum atomic E-state index is 13.3. The summed E-state index contributed by atoms with van der Waals surface area (Å²) in [6, 6.07) is 9.01. The van der Waals surface area contributed by atoms with Crippen LogP contribution >= 0.6 is 0 Å². The Kier molecular flexibility index (Phi) is 5.47. The predicted molar refractivity (Wildman–Crippen MR) is 106 cm³/mol. The molecule has 6 nitrogen and oxygen atoms in total. The number of nitrogens with zero attached hydrogens (tertiary/aromatic N) is 2. The molecule has 0 saturated heterocycles.